The minimum absolute atomic E-state index is 0.147. The van der Waals surface area contributed by atoms with E-state index in [0.29, 0.717) is 11.3 Å². The van der Waals surface area contributed by atoms with Crippen LogP contribution >= 0.6 is 0 Å². The van der Waals surface area contributed by atoms with Crippen LogP contribution in [0.25, 0.3) is 0 Å². The molecule has 0 fully saturated rings. The molecule has 1 heterocycles. The Labute approximate surface area is 158 Å². The summed E-state index contributed by atoms with van der Waals surface area (Å²) in [5.74, 6) is -1.01. The second kappa shape index (κ2) is 6.99. The highest BCUT2D eigenvalue weighted by Crippen LogP contribution is 2.39. The molecule has 140 valence electrons. The fourth-order valence-corrected chi connectivity index (χ4v) is 3.46. The number of carbonyl (C=O) groups excluding carboxylic acids is 3. The third-order valence-corrected chi connectivity index (χ3v) is 4.87. The van der Waals surface area contributed by atoms with Crippen LogP contribution in [0, 0.1) is 0 Å². The van der Waals surface area contributed by atoms with Crippen LogP contribution in [-0.2, 0) is 4.74 Å². The van der Waals surface area contributed by atoms with Crippen molar-refractivity contribution in [2.24, 2.45) is 0 Å². The Morgan fingerprint density at radius 3 is 1.96 bits per heavy atom. The molecule has 0 bridgehead atoms. The van der Waals surface area contributed by atoms with Crippen molar-refractivity contribution in [1.29, 1.82) is 0 Å². The molecule has 1 aliphatic heterocycles. The van der Waals surface area contributed by atoms with Gasteiger partial charge in [-0.2, -0.15) is 0 Å². The molecule has 0 atom stereocenters. The number of esters is 1. The van der Waals surface area contributed by atoms with Gasteiger partial charge in [-0.05, 0) is 41.2 Å². The molecule has 2 aromatic rings. The van der Waals surface area contributed by atoms with Crippen molar-refractivity contribution in [3.63, 3.8) is 0 Å². The van der Waals surface area contributed by atoms with Crippen LogP contribution < -0.4 is 4.90 Å². The summed E-state index contributed by atoms with van der Waals surface area (Å²) in [6.45, 7) is 8.15. The normalized spacial score (nSPS) is 13.5. The van der Waals surface area contributed by atoms with E-state index in [1.54, 1.807) is 0 Å². The van der Waals surface area contributed by atoms with Gasteiger partial charge in [0.15, 0.2) is 0 Å². The van der Waals surface area contributed by atoms with Crippen molar-refractivity contribution in [1.82, 2.24) is 0 Å². The molecule has 0 saturated carbocycles. The number of rotatable bonds is 4. The van der Waals surface area contributed by atoms with E-state index >= 15 is 0 Å². The highest BCUT2D eigenvalue weighted by molar-refractivity contribution is 6.35. The number of imide groups is 1. The van der Waals surface area contributed by atoms with Gasteiger partial charge in [0.1, 0.15) is 0 Å². The fraction of sp³-hybridized carbons (Fsp3) is 0.318. The van der Waals surface area contributed by atoms with Crippen LogP contribution in [0.15, 0.2) is 36.4 Å². The van der Waals surface area contributed by atoms with Gasteiger partial charge >= 0.3 is 5.97 Å². The summed E-state index contributed by atoms with van der Waals surface area (Å²) in [6, 6.07) is 10.3. The van der Waals surface area contributed by atoms with E-state index in [2.05, 4.69) is 0 Å². The maximum atomic E-state index is 13.2. The number of anilines is 1. The van der Waals surface area contributed by atoms with Gasteiger partial charge < -0.3 is 4.74 Å². The van der Waals surface area contributed by atoms with Crippen molar-refractivity contribution in [2.45, 2.75) is 39.5 Å². The predicted molar refractivity (Wildman–Crippen MR) is 104 cm³/mol. The second-order valence-corrected chi connectivity index (χ2v) is 7.29. The molecule has 0 N–H and O–H groups in total. The number of ether oxygens (including phenoxy) is 1. The zero-order valence-electron chi connectivity index (χ0n) is 16.2. The first-order valence-corrected chi connectivity index (χ1v) is 9.01. The molecule has 0 radical (unpaired) electrons. The van der Waals surface area contributed by atoms with E-state index in [1.807, 2.05) is 45.9 Å². The number of hydrogen-bond donors (Lipinski definition) is 0. The maximum absolute atomic E-state index is 13.2. The number of carbonyl (C=O) groups is 3. The van der Waals surface area contributed by atoms with Crippen LogP contribution in [0.4, 0.5) is 5.69 Å². The third kappa shape index (κ3) is 3.03. The Kier molecular flexibility index (Phi) is 4.87. The number of fused-ring (bicyclic) bond motifs is 1. The summed E-state index contributed by atoms with van der Waals surface area (Å²) in [4.78, 5) is 39.3. The van der Waals surface area contributed by atoms with E-state index in [-0.39, 0.29) is 28.9 Å². The quantitative estimate of drug-likeness (QED) is 0.590. The van der Waals surface area contributed by atoms with Crippen LogP contribution in [0.5, 0.6) is 0 Å². The maximum Gasteiger partial charge on any atom is 0.337 e. The summed E-state index contributed by atoms with van der Waals surface area (Å²) >= 11 is 0. The summed E-state index contributed by atoms with van der Waals surface area (Å²) in [5, 5.41) is 0. The zero-order chi connectivity index (χ0) is 19.9. The second-order valence-electron chi connectivity index (χ2n) is 7.29. The van der Waals surface area contributed by atoms with Crippen molar-refractivity contribution in [3.8, 4) is 0 Å². The smallest absolute Gasteiger partial charge is 0.337 e. The third-order valence-electron chi connectivity index (χ3n) is 4.87. The predicted octanol–water partition coefficient (Wildman–Crippen LogP) is 4.52. The van der Waals surface area contributed by atoms with Gasteiger partial charge in [0.25, 0.3) is 11.8 Å². The number of nitrogens with zero attached hydrogens (tertiary/aromatic N) is 1. The molecule has 2 amide bonds. The first kappa shape index (κ1) is 18.8. The number of benzene rings is 2. The minimum Gasteiger partial charge on any atom is -0.465 e. The summed E-state index contributed by atoms with van der Waals surface area (Å²) in [7, 11) is 1.28. The van der Waals surface area contributed by atoms with Crippen molar-refractivity contribution >= 4 is 23.5 Å². The molecular weight excluding hydrogens is 342 g/mol. The average molecular weight is 365 g/mol. The lowest BCUT2D eigenvalue weighted by Crippen LogP contribution is -2.31. The molecule has 0 saturated heterocycles. The van der Waals surface area contributed by atoms with Gasteiger partial charge in [0.05, 0.1) is 29.5 Å². The van der Waals surface area contributed by atoms with Crippen molar-refractivity contribution in [3.05, 3.63) is 64.2 Å². The molecule has 27 heavy (non-hydrogen) atoms. The first-order chi connectivity index (χ1) is 12.8. The molecule has 1 aliphatic rings. The molecule has 3 rings (SSSR count). The molecule has 2 aromatic carbocycles. The lowest BCUT2D eigenvalue weighted by Gasteiger charge is -2.25. The van der Waals surface area contributed by atoms with E-state index < -0.39 is 11.9 Å². The zero-order valence-corrected chi connectivity index (χ0v) is 16.2. The summed E-state index contributed by atoms with van der Waals surface area (Å²) in [5.41, 5.74) is 3.35. The van der Waals surface area contributed by atoms with Crippen LogP contribution in [-0.4, -0.2) is 24.9 Å². The Balaban J connectivity index is 2.19. The monoisotopic (exact) mass is 365 g/mol. The average Bonchev–Trinajstić information content (AvgIpc) is 2.90. The lowest BCUT2D eigenvalue weighted by atomic mass is 9.92. The van der Waals surface area contributed by atoms with E-state index in [4.69, 9.17) is 4.74 Å². The molecule has 0 unspecified atom stereocenters. The number of amides is 2. The van der Waals surface area contributed by atoms with Gasteiger partial charge in [-0.3, -0.25) is 9.59 Å². The van der Waals surface area contributed by atoms with E-state index in [0.717, 1.165) is 11.1 Å². The number of methoxy groups -OCH3 is 1. The Morgan fingerprint density at radius 1 is 0.889 bits per heavy atom. The number of hydrogen-bond acceptors (Lipinski definition) is 4. The summed E-state index contributed by atoms with van der Waals surface area (Å²) in [6.07, 6.45) is 0. The van der Waals surface area contributed by atoms with Gasteiger partial charge in [0, 0.05) is 0 Å². The Morgan fingerprint density at radius 2 is 1.44 bits per heavy atom. The molecular formula is C22H23NO4. The topological polar surface area (TPSA) is 63.7 Å². The Bertz CT molecular complexity index is 917. The largest absolute Gasteiger partial charge is 0.465 e. The minimum atomic E-state index is -0.540. The van der Waals surface area contributed by atoms with Gasteiger partial charge in [0.2, 0.25) is 0 Å². The van der Waals surface area contributed by atoms with Gasteiger partial charge in [-0.1, -0.05) is 45.9 Å². The van der Waals surface area contributed by atoms with E-state index in [1.165, 1.54) is 30.2 Å². The molecule has 0 aliphatic carbocycles. The van der Waals surface area contributed by atoms with Gasteiger partial charge in [-0.25, -0.2) is 9.69 Å². The molecule has 5 heteroatoms. The summed E-state index contributed by atoms with van der Waals surface area (Å²) < 4.78 is 4.72. The lowest BCUT2D eigenvalue weighted by molar-refractivity contribution is 0.0600. The first-order valence-electron chi connectivity index (χ1n) is 9.01. The van der Waals surface area contributed by atoms with Crippen LogP contribution in [0.2, 0.25) is 0 Å². The molecule has 0 aromatic heterocycles. The van der Waals surface area contributed by atoms with Gasteiger partial charge in [-0.15, -0.1) is 0 Å². The highest BCUT2D eigenvalue weighted by atomic mass is 16.5. The fourth-order valence-electron chi connectivity index (χ4n) is 3.46. The highest BCUT2D eigenvalue weighted by Gasteiger charge is 2.39. The standard InChI is InChI=1S/C22H23NO4/c1-12(2)15-7-6-8-16(13(3)4)19(15)23-20(24)17-10-9-14(22(26)27-5)11-18(17)21(23)25/h6-13H,1-5H3. The Hall–Kier alpha value is -2.95. The van der Waals surface area contributed by atoms with Crippen LogP contribution in [0.1, 0.15) is 81.7 Å². The van der Waals surface area contributed by atoms with Crippen molar-refractivity contribution < 1.29 is 19.1 Å². The SMILES string of the molecule is COC(=O)c1ccc2c(c1)C(=O)N(c1c(C(C)C)cccc1C(C)C)C2=O. The van der Waals surface area contributed by atoms with E-state index in [9.17, 15) is 14.4 Å². The number of para-hydroxylation sites is 1. The van der Waals surface area contributed by atoms with Crippen LogP contribution in [0.3, 0.4) is 0 Å². The molecule has 5 nitrogen and oxygen atoms in total. The molecule has 0 spiro atoms. The van der Waals surface area contributed by atoms with Crippen molar-refractivity contribution in [2.75, 3.05) is 12.0 Å².